The smallest absolute Gasteiger partial charge is 0.227 e. The highest BCUT2D eigenvalue weighted by Crippen LogP contribution is 2.24. The Hall–Kier alpha value is -2.62. The molecule has 2 atom stereocenters. The lowest BCUT2D eigenvalue weighted by Crippen LogP contribution is -2.19. The second kappa shape index (κ2) is 9.18. The standard InChI is InChI=1S/C22H28N2O2/c1-5-15(3)21(25)23-19-11-7-17(8-12-19)18-9-13-20(14-10-18)24-22(26)16(4)6-2/h7-16H,5-6H2,1-4H3,(H,23,25)(H,24,26)/t15-,16+. The zero-order valence-corrected chi connectivity index (χ0v) is 16.0. The molecule has 0 aliphatic carbocycles. The average Bonchev–Trinajstić information content (AvgIpc) is 2.67. The van der Waals surface area contributed by atoms with Crippen LogP contribution in [0.4, 0.5) is 11.4 Å². The van der Waals surface area contributed by atoms with Gasteiger partial charge >= 0.3 is 0 Å². The lowest BCUT2D eigenvalue weighted by Gasteiger charge is -2.12. The van der Waals surface area contributed by atoms with Gasteiger partial charge in [0, 0.05) is 23.2 Å². The van der Waals surface area contributed by atoms with E-state index in [9.17, 15) is 9.59 Å². The van der Waals surface area contributed by atoms with Gasteiger partial charge in [-0.15, -0.1) is 0 Å². The van der Waals surface area contributed by atoms with E-state index < -0.39 is 0 Å². The first-order valence-electron chi connectivity index (χ1n) is 9.26. The third-order valence-electron chi connectivity index (χ3n) is 4.76. The van der Waals surface area contributed by atoms with E-state index in [1.807, 2.05) is 76.2 Å². The Morgan fingerprint density at radius 3 is 1.27 bits per heavy atom. The molecule has 2 aromatic rings. The van der Waals surface area contributed by atoms with Crippen LogP contribution in [0.15, 0.2) is 48.5 Å². The number of hydrogen-bond donors (Lipinski definition) is 2. The lowest BCUT2D eigenvalue weighted by molar-refractivity contribution is -0.120. The van der Waals surface area contributed by atoms with Crippen LogP contribution in [0.25, 0.3) is 11.1 Å². The zero-order valence-electron chi connectivity index (χ0n) is 16.0. The summed E-state index contributed by atoms with van der Waals surface area (Å²) in [7, 11) is 0. The van der Waals surface area contributed by atoms with Gasteiger partial charge in [-0.3, -0.25) is 9.59 Å². The number of carbonyl (C=O) groups excluding carboxylic acids is 2. The van der Waals surface area contributed by atoms with Crippen LogP contribution in [0.5, 0.6) is 0 Å². The third-order valence-corrected chi connectivity index (χ3v) is 4.76. The van der Waals surface area contributed by atoms with Crippen LogP contribution < -0.4 is 10.6 Å². The number of carbonyl (C=O) groups is 2. The minimum Gasteiger partial charge on any atom is -0.326 e. The first kappa shape index (κ1) is 19.7. The average molecular weight is 352 g/mol. The lowest BCUT2D eigenvalue weighted by atomic mass is 10.0. The molecule has 0 bridgehead atoms. The molecule has 26 heavy (non-hydrogen) atoms. The predicted octanol–water partition coefficient (Wildman–Crippen LogP) is 5.32. The summed E-state index contributed by atoms with van der Waals surface area (Å²) >= 11 is 0. The van der Waals surface area contributed by atoms with E-state index in [-0.39, 0.29) is 23.7 Å². The molecule has 4 heteroatoms. The van der Waals surface area contributed by atoms with Crippen LogP contribution in [0.2, 0.25) is 0 Å². The van der Waals surface area contributed by atoms with Gasteiger partial charge in [-0.25, -0.2) is 0 Å². The molecule has 0 saturated carbocycles. The van der Waals surface area contributed by atoms with Crippen LogP contribution in [0, 0.1) is 11.8 Å². The predicted molar refractivity (Wildman–Crippen MR) is 108 cm³/mol. The van der Waals surface area contributed by atoms with Gasteiger partial charge in [0.1, 0.15) is 0 Å². The quantitative estimate of drug-likeness (QED) is 0.708. The summed E-state index contributed by atoms with van der Waals surface area (Å²) in [5.41, 5.74) is 3.73. The summed E-state index contributed by atoms with van der Waals surface area (Å²) in [5.74, 6) is 0.101. The molecular weight excluding hydrogens is 324 g/mol. The van der Waals surface area contributed by atoms with Crippen molar-refractivity contribution in [2.24, 2.45) is 11.8 Å². The van der Waals surface area contributed by atoms with Crippen LogP contribution in [-0.4, -0.2) is 11.8 Å². The van der Waals surface area contributed by atoms with E-state index in [1.54, 1.807) is 0 Å². The second-order valence-electron chi connectivity index (χ2n) is 6.75. The number of hydrogen-bond acceptors (Lipinski definition) is 2. The molecule has 0 aromatic heterocycles. The monoisotopic (exact) mass is 352 g/mol. The number of nitrogens with one attached hydrogen (secondary N) is 2. The maximum Gasteiger partial charge on any atom is 0.227 e. The first-order valence-corrected chi connectivity index (χ1v) is 9.26. The van der Waals surface area contributed by atoms with Gasteiger partial charge in [-0.1, -0.05) is 52.0 Å². The molecule has 0 heterocycles. The first-order chi connectivity index (χ1) is 12.4. The van der Waals surface area contributed by atoms with E-state index in [2.05, 4.69) is 10.6 Å². The van der Waals surface area contributed by atoms with Crippen molar-refractivity contribution in [1.29, 1.82) is 0 Å². The SMILES string of the molecule is CC[C@@H](C)C(=O)Nc1ccc(-c2ccc(NC(=O)[C@@H](C)CC)cc2)cc1. The van der Waals surface area contributed by atoms with Gasteiger partial charge in [0.15, 0.2) is 0 Å². The van der Waals surface area contributed by atoms with Crippen molar-refractivity contribution < 1.29 is 9.59 Å². The van der Waals surface area contributed by atoms with Crippen LogP contribution in [-0.2, 0) is 9.59 Å². The fourth-order valence-corrected chi connectivity index (χ4v) is 2.39. The van der Waals surface area contributed by atoms with E-state index in [4.69, 9.17) is 0 Å². The van der Waals surface area contributed by atoms with Crippen LogP contribution >= 0.6 is 0 Å². The van der Waals surface area contributed by atoms with Gasteiger partial charge in [0.25, 0.3) is 0 Å². The highest BCUT2D eigenvalue weighted by Gasteiger charge is 2.11. The van der Waals surface area contributed by atoms with Crippen molar-refractivity contribution in [2.75, 3.05) is 10.6 Å². The maximum atomic E-state index is 11.9. The molecule has 4 nitrogen and oxygen atoms in total. The molecule has 0 aliphatic rings. The topological polar surface area (TPSA) is 58.2 Å². The number of benzene rings is 2. The molecule has 2 N–H and O–H groups in total. The summed E-state index contributed by atoms with van der Waals surface area (Å²) in [6.07, 6.45) is 1.65. The van der Waals surface area contributed by atoms with Crippen molar-refractivity contribution in [1.82, 2.24) is 0 Å². The van der Waals surface area contributed by atoms with E-state index in [1.165, 1.54) is 0 Å². The maximum absolute atomic E-state index is 11.9. The molecule has 2 amide bonds. The van der Waals surface area contributed by atoms with Gasteiger partial charge in [0.2, 0.25) is 11.8 Å². The Kier molecular flexibility index (Phi) is 6.96. The molecule has 0 unspecified atom stereocenters. The molecule has 0 saturated heterocycles. The minimum atomic E-state index is 0.00728. The minimum absolute atomic E-state index is 0.00728. The van der Waals surface area contributed by atoms with E-state index in [0.717, 1.165) is 35.3 Å². The number of amides is 2. The van der Waals surface area contributed by atoms with Gasteiger partial charge in [-0.05, 0) is 48.2 Å². The molecule has 2 aromatic carbocycles. The van der Waals surface area contributed by atoms with Crippen LogP contribution in [0.3, 0.4) is 0 Å². The zero-order chi connectivity index (χ0) is 19.1. The van der Waals surface area contributed by atoms with Crippen molar-refractivity contribution in [3.05, 3.63) is 48.5 Å². The normalized spacial score (nSPS) is 12.9. The Morgan fingerprint density at radius 2 is 1.00 bits per heavy atom. The Morgan fingerprint density at radius 1 is 0.692 bits per heavy atom. The molecular formula is C22H28N2O2. The summed E-state index contributed by atoms with van der Waals surface area (Å²) in [6, 6.07) is 15.6. The number of anilines is 2. The summed E-state index contributed by atoms with van der Waals surface area (Å²) < 4.78 is 0. The van der Waals surface area contributed by atoms with E-state index >= 15 is 0 Å². The van der Waals surface area contributed by atoms with Crippen LogP contribution in [0.1, 0.15) is 40.5 Å². The third kappa shape index (κ3) is 5.19. The Balaban J connectivity index is 2.03. The number of rotatable bonds is 7. The van der Waals surface area contributed by atoms with Gasteiger partial charge < -0.3 is 10.6 Å². The van der Waals surface area contributed by atoms with Crippen molar-refractivity contribution in [3.63, 3.8) is 0 Å². The van der Waals surface area contributed by atoms with Gasteiger partial charge in [0.05, 0.1) is 0 Å². The fourth-order valence-electron chi connectivity index (χ4n) is 2.39. The molecule has 0 radical (unpaired) electrons. The molecule has 2 rings (SSSR count). The highest BCUT2D eigenvalue weighted by molar-refractivity contribution is 5.93. The van der Waals surface area contributed by atoms with Crippen molar-refractivity contribution in [3.8, 4) is 11.1 Å². The highest BCUT2D eigenvalue weighted by atomic mass is 16.2. The molecule has 0 aliphatic heterocycles. The fraction of sp³-hybridized carbons (Fsp3) is 0.364. The summed E-state index contributed by atoms with van der Waals surface area (Å²) in [4.78, 5) is 23.9. The van der Waals surface area contributed by atoms with Gasteiger partial charge in [-0.2, -0.15) is 0 Å². The van der Waals surface area contributed by atoms with Crippen molar-refractivity contribution in [2.45, 2.75) is 40.5 Å². The Bertz CT molecular complexity index is 670. The molecule has 0 spiro atoms. The molecule has 0 fully saturated rings. The van der Waals surface area contributed by atoms with E-state index in [0.29, 0.717) is 0 Å². The second-order valence-corrected chi connectivity index (χ2v) is 6.75. The summed E-state index contributed by atoms with van der Waals surface area (Å²) in [5, 5.41) is 5.86. The Labute approximate surface area is 156 Å². The molecule has 138 valence electrons. The largest absolute Gasteiger partial charge is 0.326 e. The summed E-state index contributed by atoms with van der Waals surface area (Å²) in [6.45, 7) is 7.85. The van der Waals surface area contributed by atoms with Crippen molar-refractivity contribution >= 4 is 23.2 Å².